The van der Waals surface area contributed by atoms with Gasteiger partial charge in [-0.25, -0.2) is 9.07 Å². The molecule has 0 saturated carbocycles. The molecule has 1 N–H and O–H groups in total. The Labute approximate surface area is 171 Å². The molecular formula is C20H22FN5O2S. The minimum Gasteiger partial charge on any atom is -0.507 e. The van der Waals surface area contributed by atoms with E-state index in [-0.39, 0.29) is 11.8 Å². The van der Waals surface area contributed by atoms with E-state index in [0.717, 1.165) is 24.2 Å². The van der Waals surface area contributed by atoms with Gasteiger partial charge < -0.3 is 9.84 Å². The Hall–Kier alpha value is -2.52. The van der Waals surface area contributed by atoms with Crippen molar-refractivity contribution in [3.63, 3.8) is 0 Å². The van der Waals surface area contributed by atoms with E-state index in [1.807, 2.05) is 32.3 Å². The SMILES string of the molecule is Cc1ccn(-c2ccc(-c3nnc(OC4CC5CCC(C4F)N5C)s3)c(O)c2)n1. The molecule has 29 heavy (non-hydrogen) atoms. The molecule has 4 heterocycles. The molecule has 0 amide bonds. The van der Waals surface area contributed by atoms with E-state index in [9.17, 15) is 9.50 Å². The average Bonchev–Trinajstić information content (AvgIpc) is 3.39. The van der Waals surface area contributed by atoms with Gasteiger partial charge in [0.15, 0.2) is 11.2 Å². The minimum atomic E-state index is -1.03. The third kappa shape index (κ3) is 3.28. The van der Waals surface area contributed by atoms with Crippen LogP contribution in [-0.2, 0) is 0 Å². The summed E-state index contributed by atoms with van der Waals surface area (Å²) in [5.41, 5.74) is 2.21. The summed E-state index contributed by atoms with van der Waals surface area (Å²) in [6.07, 6.45) is 2.85. The maximum Gasteiger partial charge on any atom is 0.294 e. The van der Waals surface area contributed by atoms with Crippen LogP contribution in [0, 0.1) is 6.92 Å². The summed E-state index contributed by atoms with van der Waals surface area (Å²) >= 11 is 1.22. The Balaban J connectivity index is 1.34. The predicted octanol–water partition coefficient (Wildman–Crippen LogP) is 3.36. The second-order valence-electron chi connectivity index (χ2n) is 7.78. The first-order chi connectivity index (χ1) is 14.0. The van der Waals surface area contributed by atoms with Crippen molar-refractivity contribution in [3.8, 4) is 27.2 Å². The van der Waals surface area contributed by atoms with Crippen LogP contribution >= 0.6 is 11.3 Å². The summed E-state index contributed by atoms with van der Waals surface area (Å²) in [7, 11) is 1.99. The van der Waals surface area contributed by atoms with Gasteiger partial charge in [0, 0.05) is 30.8 Å². The number of hydrogen-bond donors (Lipinski definition) is 1. The van der Waals surface area contributed by atoms with E-state index < -0.39 is 12.3 Å². The van der Waals surface area contributed by atoms with Crippen LogP contribution in [0.3, 0.4) is 0 Å². The van der Waals surface area contributed by atoms with Gasteiger partial charge in [-0.2, -0.15) is 5.10 Å². The molecule has 5 rings (SSSR count). The Bertz CT molecular complexity index is 1040. The van der Waals surface area contributed by atoms with Crippen molar-refractivity contribution in [2.24, 2.45) is 0 Å². The van der Waals surface area contributed by atoms with Gasteiger partial charge in [0.05, 0.1) is 16.9 Å². The zero-order chi connectivity index (χ0) is 20.1. The molecule has 152 valence electrons. The van der Waals surface area contributed by atoms with Crippen molar-refractivity contribution in [3.05, 3.63) is 36.2 Å². The minimum absolute atomic E-state index is 0.0753. The summed E-state index contributed by atoms with van der Waals surface area (Å²) in [5.74, 6) is 0.0825. The first-order valence-corrected chi connectivity index (χ1v) is 10.5. The fourth-order valence-electron chi connectivity index (χ4n) is 4.37. The normalized spacial score (nSPS) is 26.7. The Morgan fingerprint density at radius 2 is 2.10 bits per heavy atom. The number of piperidine rings is 1. The first-order valence-electron chi connectivity index (χ1n) is 9.72. The molecule has 9 heteroatoms. The molecule has 2 fully saturated rings. The third-order valence-corrected chi connectivity index (χ3v) is 6.83. The van der Waals surface area contributed by atoms with Crippen molar-refractivity contribution in [1.82, 2.24) is 24.9 Å². The number of rotatable bonds is 4. The zero-order valence-electron chi connectivity index (χ0n) is 16.2. The highest BCUT2D eigenvalue weighted by atomic mass is 32.1. The number of aromatic hydroxyl groups is 1. The van der Waals surface area contributed by atoms with Gasteiger partial charge in [0.25, 0.3) is 5.19 Å². The summed E-state index contributed by atoms with van der Waals surface area (Å²) in [6.45, 7) is 1.91. The molecule has 2 aliphatic heterocycles. The number of ether oxygens (including phenoxy) is 1. The van der Waals surface area contributed by atoms with Crippen LogP contribution in [0.5, 0.6) is 10.9 Å². The van der Waals surface area contributed by atoms with Gasteiger partial charge in [-0.05, 0) is 45.0 Å². The number of halogens is 1. The van der Waals surface area contributed by atoms with Gasteiger partial charge in [-0.15, -0.1) is 5.10 Å². The van der Waals surface area contributed by atoms with E-state index >= 15 is 0 Å². The fraction of sp³-hybridized carbons (Fsp3) is 0.450. The van der Waals surface area contributed by atoms with Crippen molar-refractivity contribution < 1.29 is 14.2 Å². The number of phenols is 1. The maximum absolute atomic E-state index is 14.8. The highest BCUT2D eigenvalue weighted by Crippen LogP contribution is 2.40. The molecule has 0 aliphatic carbocycles. The number of alkyl halides is 1. The van der Waals surface area contributed by atoms with Crippen molar-refractivity contribution in [1.29, 1.82) is 0 Å². The smallest absolute Gasteiger partial charge is 0.294 e. The largest absolute Gasteiger partial charge is 0.507 e. The molecule has 1 aromatic carbocycles. The molecule has 3 aromatic rings. The van der Waals surface area contributed by atoms with Crippen molar-refractivity contribution >= 4 is 11.3 Å². The molecule has 0 radical (unpaired) electrons. The summed E-state index contributed by atoms with van der Waals surface area (Å²) < 4.78 is 22.4. The fourth-order valence-corrected chi connectivity index (χ4v) is 5.15. The molecule has 4 unspecified atom stereocenters. The van der Waals surface area contributed by atoms with Gasteiger partial charge in [0.2, 0.25) is 0 Å². The van der Waals surface area contributed by atoms with E-state index in [2.05, 4.69) is 20.2 Å². The molecule has 2 saturated heterocycles. The van der Waals surface area contributed by atoms with Crippen LogP contribution in [0.4, 0.5) is 4.39 Å². The standard InChI is InChI=1S/C20H22FN5O2S/c1-11-7-8-26(24-11)13-3-5-14(16(27)9-13)19-22-23-20(29-19)28-17-10-12-4-6-15(18(17)21)25(12)2/h3,5,7-9,12,15,17-18,27H,4,6,10H2,1-2H3. The Morgan fingerprint density at radius 1 is 1.24 bits per heavy atom. The highest BCUT2D eigenvalue weighted by Gasteiger charge is 2.47. The molecule has 7 nitrogen and oxygen atoms in total. The number of aromatic nitrogens is 4. The molecular weight excluding hydrogens is 393 g/mol. The number of nitrogens with zero attached hydrogens (tertiary/aromatic N) is 5. The second-order valence-corrected chi connectivity index (χ2v) is 8.72. The molecule has 2 aliphatic rings. The highest BCUT2D eigenvalue weighted by molar-refractivity contribution is 7.16. The summed E-state index contributed by atoms with van der Waals surface area (Å²) in [5, 5.41) is 23.9. The Morgan fingerprint density at radius 3 is 2.86 bits per heavy atom. The lowest BCUT2D eigenvalue weighted by Crippen LogP contribution is -2.52. The van der Waals surface area contributed by atoms with E-state index in [1.165, 1.54) is 11.3 Å². The number of phenolic OH excluding ortho intramolecular Hbond substituents is 1. The predicted molar refractivity (Wildman–Crippen MR) is 107 cm³/mol. The molecule has 2 aromatic heterocycles. The summed E-state index contributed by atoms with van der Waals surface area (Å²) in [4.78, 5) is 2.14. The molecule has 4 atom stereocenters. The first kappa shape index (κ1) is 18.5. The monoisotopic (exact) mass is 415 g/mol. The second kappa shape index (κ2) is 7.07. The summed E-state index contributed by atoms with van der Waals surface area (Å²) in [6, 6.07) is 7.46. The van der Waals surface area contributed by atoms with Crippen LogP contribution in [0.25, 0.3) is 16.3 Å². The molecule has 0 spiro atoms. The van der Waals surface area contributed by atoms with Crippen molar-refractivity contribution in [2.75, 3.05) is 7.05 Å². The van der Waals surface area contributed by atoms with Gasteiger partial charge in [-0.1, -0.05) is 16.4 Å². The Kier molecular flexibility index (Phi) is 4.51. The number of aryl methyl sites for hydroxylation is 1. The van der Waals surface area contributed by atoms with E-state index in [0.29, 0.717) is 28.2 Å². The lowest BCUT2D eigenvalue weighted by atomic mass is 9.98. The number of benzene rings is 1. The lowest BCUT2D eigenvalue weighted by Gasteiger charge is -2.38. The third-order valence-electron chi connectivity index (χ3n) is 5.98. The number of hydrogen-bond acceptors (Lipinski definition) is 7. The van der Waals surface area contributed by atoms with Crippen molar-refractivity contribution in [2.45, 2.75) is 50.5 Å². The quantitative estimate of drug-likeness (QED) is 0.704. The van der Waals surface area contributed by atoms with E-state index in [4.69, 9.17) is 4.74 Å². The van der Waals surface area contributed by atoms with Gasteiger partial charge >= 0.3 is 0 Å². The van der Waals surface area contributed by atoms with Crippen LogP contribution < -0.4 is 4.74 Å². The number of fused-ring (bicyclic) bond motifs is 2. The van der Waals surface area contributed by atoms with Crippen LogP contribution in [-0.4, -0.2) is 61.4 Å². The van der Waals surface area contributed by atoms with Gasteiger partial charge in [0.1, 0.15) is 11.9 Å². The molecule has 2 bridgehead atoms. The topological polar surface area (TPSA) is 76.3 Å². The van der Waals surface area contributed by atoms with Gasteiger partial charge in [-0.3, -0.25) is 4.90 Å². The van der Waals surface area contributed by atoms with Crippen LogP contribution in [0.1, 0.15) is 25.0 Å². The van der Waals surface area contributed by atoms with E-state index in [1.54, 1.807) is 16.8 Å². The average molecular weight is 415 g/mol. The van der Waals surface area contributed by atoms with Crippen LogP contribution in [0.2, 0.25) is 0 Å². The lowest BCUT2D eigenvalue weighted by molar-refractivity contribution is -0.0114. The zero-order valence-corrected chi connectivity index (χ0v) is 17.0. The maximum atomic E-state index is 14.8. The van der Waals surface area contributed by atoms with Crippen LogP contribution in [0.15, 0.2) is 30.5 Å².